The molecule has 0 aliphatic carbocycles. The molecule has 2 heterocycles. The van der Waals surface area contributed by atoms with Crippen molar-refractivity contribution in [3.05, 3.63) is 59.6 Å². The normalized spacial score (nSPS) is 17.0. The summed E-state index contributed by atoms with van der Waals surface area (Å²) in [5.41, 5.74) is 0.233. The number of barbiturate groups is 1. The smallest absolute Gasteiger partial charge is 0.335 e. The van der Waals surface area contributed by atoms with Gasteiger partial charge in [0.15, 0.2) is 0 Å². The van der Waals surface area contributed by atoms with Gasteiger partial charge in [-0.05, 0) is 37.3 Å². The van der Waals surface area contributed by atoms with Gasteiger partial charge >= 0.3 is 6.03 Å². The van der Waals surface area contributed by atoms with E-state index in [0.29, 0.717) is 17.2 Å². The number of rotatable bonds is 2. The highest BCUT2D eigenvalue weighted by molar-refractivity contribution is 6.39. The predicted octanol–water partition coefficient (Wildman–Crippen LogP) is 2.25. The Bertz CT molecular complexity index is 789. The molecule has 0 radical (unpaired) electrons. The van der Waals surface area contributed by atoms with Crippen molar-refractivity contribution in [3.63, 3.8) is 0 Å². The molecule has 1 N–H and O–H groups in total. The number of para-hydroxylation sites is 1. The minimum atomic E-state index is -0.769. The summed E-state index contributed by atoms with van der Waals surface area (Å²) >= 11 is 0. The number of nitrogens with one attached hydrogen (secondary N) is 1. The fourth-order valence-electron chi connectivity index (χ4n) is 2.14. The Balaban J connectivity index is 2.01. The third kappa shape index (κ3) is 2.42. The Labute approximate surface area is 126 Å². The molecule has 4 amide bonds. The summed E-state index contributed by atoms with van der Waals surface area (Å²) in [6.45, 7) is 1.75. The first-order valence-corrected chi connectivity index (χ1v) is 6.59. The van der Waals surface area contributed by atoms with E-state index >= 15 is 0 Å². The maximum Gasteiger partial charge on any atom is 0.335 e. The second-order valence-corrected chi connectivity index (χ2v) is 4.74. The van der Waals surface area contributed by atoms with Gasteiger partial charge in [-0.2, -0.15) is 0 Å². The van der Waals surface area contributed by atoms with Gasteiger partial charge in [-0.15, -0.1) is 0 Å². The molecule has 110 valence electrons. The molecule has 1 aliphatic rings. The fraction of sp³-hybridized carbons (Fsp3) is 0.0625. The zero-order chi connectivity index (χ0) is 15.7. The largest absolute Gasteiger partial charge is 0.462 e. The molecule has 1 fully saturated rings. The van der Waals surface area contributed by atoms with Gasteiger partial charge in [-0.3, -0.25) is 14.9 Å². The topological polar surface area (TPSA) is 79.6 Å². The average Bonchev–Trinajstić information content (AvgIpc) is 2.90. The minimum Gasteiger partial charge on any atom is -0.462 e. The first-order valence-electron chi connectivity index (χ1n) is 6.59. The Morgan fingerprint density at radius 2 is 1.77 bits per heavy atom. The van der Waals surface area contributed by atoms with Crippen molar-refractivity contribution in [3.8, 4) is 0 Å². The third-order valence-electron chi connectivity index (χ3n) is 3.16. The molecule has 0 spiro atoms. The van der Waals surface area contributed by atoms with Gasteiger partial charge in [0.2, 0.25) is 0 Å². The summed E-state index contributed by atoms with van der Waals surface area (Å²) in [6.07, 6.45) is 1.33. The molecule has 1 saturated heterocycles. The van der Waals surface area contributed by atoms with Crippen LogP contribution in [0.1, 0.15) is 11.5 Å². The van der Waals surface area contributed by atoms with Crippen LogP contribution in [0.3, 0.4) is 0 Å². The molecule has 1 aromatic carbocycles. The number of carbonyl (C=O) groups is 3. The van der Waals surface area contributed by atoms with Gasteiger partial charge in [0.25, 0.3) is 11.8 Å². The Morgan fingerprint density at radius 1 is 1.05 bits per heavy atom. The molecule has 6 nitrogen and oxygen atoms in total. The van der Waals surface area contributed by atoms with E-state index in [4.69, 9.17) is 4.42 Å². The predicted molar refractivity (Wildman–Crippen MR) is 78.9 cm³/mol. The summed E-state index contributed by atoms with van der Waals surface area (Å²) in [5.74, 6) is -0.393. The van der Waals surface area contributed by atoms with Gasteiger partial charge in [-0.1, -0.05) is 18.2 Å². The van der Waals surface area contributed by atoms with Crippen LogP contribution in [0.5, 0.6) is 0 Å². The molecule has 3 rings (SSSR count). The van der Waals surface area contributed by atoms with Crippen LogP contribution in [-0.2, 0) is 9.59 Å². The number of urea groups is 1. The number of anilines is 1. The number of imide groups is 2. The number of amides is 4. The summed E-state index contributed by atoms with van der Waals surface area (Å²) < 4.78 is 5.34. The molecule has 22 heavy (non-hydrogen) atoms. The number of hydrogen-bond donors (Lipinski definition) is 1. The molecule has 0 saturated carbocycles. The summed E-state index contributed by atoms with van der Waals surface area (Å²) in [5, 5.41) is 2.15. The van der Waals surface area contributed by atoms with Crippen molar-refractivity contribution in [2.75, 3.05) is 4.90 Å². The van der Waals surface area contributed by atoms with Crippen LogP contribution < -0.4 is 10.2 Å². The molecular weight excluding hydrogens is 284 g/mol. The summed E-state index contributed by atoms with van der Waals surface area (Å²) in [7, 11) is 0. The molecular formula is C16H12N2O4. The Kier molecular flexibility index (Phi) is 3.34. The van der Waals surface area contributed by atoms with Crippen LogP contribution in [0.25, 0.3) is 6.08 Å². The van der Waals surface area contributed by atoms with Crippen molar-refractivity contribution in [2.24, 2.45) is 0 Å². The SMILES string of the molecule is Cc1ccc(/C=C2/C(=O)NC(=O)N(c3ccccc3)C2=O)o1. The fourth-order valence-corrected chi connectivity index (χ4v) is 2.14. The van der Waals surface area contributed by atoms with Crippen LogP contribution >= 0.6 is 0 Å². The lowest BCUT2D eigenvalue weighted by molar-refractivity contribution is -0.122. The van der Waals surface area contributed by atoms with Gasteiger partial charge in [0.1, 0.15) is 17.1 Å². The second kappa shape index (κ2) is 5.33. The van der Waals surface area contributed by atoms with Crippen LogP contribution in [0.4, 0.5) is 10.5 Å². The van der Waals surface area contributed by atoms with Crippen molar-refractivity contribution < 1.29 is 18.8 Å². The number of aryl methyl sites for hydroxylation is 1. The number of furan rings is 1. The van der Waals surface area contributed by atoms with E-state index in [9.17, 15) is 14.4 Å². The zero-order valence-corrected chi connectivity index (χ0v) is 11.7. The van der Waals surface area contributed by atoms with E-state index in [1.54, 1.807) is 49.4 Å². The molecule has 0 bridgehead atoms. The number of nitrogens with zero attached hydrogens (tertiary/aromatic N) is 1. The van der Waals surface area contributed by atoms with Crippen LogP contribution in [0.2, 0.25) is 0 Å². The highest BCUT2D eigenvalue weighted by atomic mass is 16.3. The van der Waals surface area contributed by atoms with Gasteiger partial charge in [0.05, 0.1) is 5.69 Å². The van der Waals surface area contributed by atoms with E-state index in [-0.39, 0.29) is 5.57 Å². The minimum absolute atomic E-state index is 0.155. The molecule has 1 aromatic heterocycles. The van der Waals surface area contributed by atoms with Crippen molar-refractivity contribution in [1.29, 1.82) is 0 Å². The second-order valence-electron chi connectivity index (χ2n) is 4.74. The Morgan fingerprint density at radius 3 is 2.41 bits per heavy atom. The van der Waals surface area contributed by atoms with Crippen LogP contribution in [-0.4, -0.2) is 17.8 Å². The molecule has 6 heteroatoms. The van der Waals surface area contributed by atoms with E-state index in [2.05, 4.69) is 5.32 Å². The summed E-state index contributed by atoms with van der Waals surface area (Å²) in [6, 6.07) is 11.0. The number of carbonyl (C=O) groups excluding carboxylic acids is 3. The van der Waals surface area contributed by atoms with Gasteiger partial charge < -0.3 is 4.42 Å². The van der Waals surface area contributed by atoms with Gasteiger partial charge in [0, 0.05) is 0 Å². The van der Waals surface area contributed by atoms with E-state index in [0.717, 1.165) is 4.90 Å². The maximum absolute atomic E-state index is 12.5. The molecule has 0 atom stereocenters. The highest BCUT2D eigenvalue weighted by Gasteiger charge is 2.36. The number of hydrogen-bond acceptors (Lipinski definition) is 4. The first-order chi connectivity index (χ1) is 10.6. The zero-order valence-electron chi connectivity index (χ0n) is 11.7. The first kappa shape index (κ1) is 13.8. The highest BCUT2D eigenvalue weighted by Crippen LogP contribution is 2.21. The maximum atomic E-state index is 12.5. The van der Waals surface area contributed by atoms with Crippen molar-refractivity contribution in [1.82, 2.24) is 5.32 Å². The lowest BCUT2D eigenvalue weighted by atomic mass is 10.1. The quantitative estimate of drug-likeness (QED) is 0.681. The lowest BCUT2D eigenvalue weighted by Gasteiger charge is -2.26. The average molecular weight is 296 g/mol. The molecule has 0 unspecified atom stereocenters. The van der Waals surface area contributed by atoms with Crippen molar-refractivity contribution in [2.45, 2.75) is 6.92 Å². The standard InChI is InChI=1S/C16H12N2O4/c1-10-7-8-12(22-10)9-13-14(19)17-16(21)18(15(13)20)11-5-3-2-4-6-11/h2-9H,1H3,(H,17,19,21)/b13-9-. The summed E-state index contributed by atoms with van der Waals surface area (Å²) in [4.78, 5) is 37.3. The molecule has 2 aromatic rings. The molecule has 1 aliphatic heterocycles. The van der Waals surface area contributed by atoms with Crippen LogP contribution in [0, 0.1) is 6.92 Å². The third-order valence-corrected chi connectivity index (χ3v) is 3.16. The van der Waals surface area contributed by atoms with Crippen LogP contribution in [0.15, 0.2) is 52.5 Å². The number of benzene rings is 1. The van der Waals surface area contributed by atoms with E-state index < -0.39 is 17.8 Å². The Hall–Kier alpha value is -3.15. The van der Waals surface area contributed by atoms with E-state index in [1.165, 1.54) is 6.08 Å². The van der Waals surface area contributed by atoms with Gasteiger partial charge in [-0.25, -0.2) is 9.69 Å². The van der Waals surface area contributed by atoms with Crippen molar-refractivity contribution >= 4 is 29.6 Å². The monoisotopic (exact) mass is 296 g/mol. The van der Waals surface area contributed by atoms with E-state index in [1.807, 2.05) is 0 Å². The lowest BCUT2D eigenvalue weighted by Crippen LogP contribution is -2.54.